The van der Waals surface area contributed by atoms with E-state index in [1.807, 2.05) is 53.2 Å². The largest absolute Gasteiger partial charge is 0.490 e. The average molecular weight is 524 g/mol. The fourth-order valence-electron chi connectivity index (χ4n) is 4.77. The number of carbonyl (C=O) groups is 2. The van der Waals surface area contributed by atoms with Crippen LogP contribution in [0.2, 0.25) is 0 Å². The minimum absolute atomic E-state index is 0.0631. The number of rotatable bonds is 14. The lowest BCUT2D eigenvalue weighted by Gasteiger charge is -2.06. The number of hydrogen-bond donors (Lipinski definition) is 1. The van der Waals surface area contributed by atoms with Crippen LogP contribution in [0.5, 0.6) is 5.75 Å². The van der Waals surface area contributed by atoms with Gasteiger partial charge in [0.15, 0.2) is 5.78 Å². The number of hydrogen-bond acceptors (Lipinski definition) is 3. The van der Waals surface area contributed by atoms with Crippen molar-refractivity contribution in [3.8, 4) is 5.75 Å². The lowest BCUT2D eigenvalue weighted by Crippen LogP contribution is -2.02. The Bertz CT molecular complexity index is 1410. The third kappa shape index (κ3) is 7.93. The first-order valence-electron chi connectivity index (χ1n) is 13.7. The van der Waals surface area contributed by atoms with E-state index in [9.17, 15) is 9.59 Å². The molecule has 0 saturated carbocycles. The molecule has 3 aromatic carbocycles. The molecule has 1 aromatic heterocycles. The van der Waals surface area contributed by atoms with Crippen molar-refractivity contribution in [3.05, 3.63) is 113 Å². The topological polar surface area (TPSA) is 68.5 Å². The molecule has 202 valence electrons. The van der Waals surface area contributed by atoms with Crippen LogP contribution in [-0.4, -0.2) is 28.0 Å². The Morgan fingerprint density at radius 2 is 1.64 bits per heavy atom. The van der Waals surface area contributed by atoms with Crippen molar-refractivity contribution < 1.29 is 19.4 Å². The summed E-state index contributed by atoms with van der Waals surface area (Å²) >= 11 is 0. The predicted octanol–water partition coefficient (Wildman–Crippen LogP) is 7.50. The van der Waals surface area contributed by atoms with Gasteiger partial charge in [0.1, 0.15) is 12.4 Å². The molecule has 0 atom stereocenters. The van der Waals surface area contributed by atoms with Crippen LogP contribution in [0.3, 0.4) is 0 Å². The summed E-state index contributed by atoms with van der Waals surface area (Å²) < 4.78 is 7.81. The number of benzene rings is 3. The van der Waals surface area contributed by atoms with Crippen molar-refractivity contribution in [2.75, 3.05) is 6.61 Å². The summed E-state index contributed by atoms with van der Waals surface area (Å²) in [6, 6.07) is 23.9. The molecule has 0 radical (unpaired) electrons. The number of aliphatic carboxylic acids is 1. The Balaban J connectivity index is 1.29. The number of carboxylic acids is 1. The Morgan fingerprint density at radius 3 is 2.36 bits per heavy atom. The third-order valence-electron chi connectivity index (χ3n) is 6.72. The first-order chi connectivity index (χ1) is 18.9. The van der Waals surface area contributed by atoms with Crippen molar-refractivity contribution in [1.82, 2.24) is 4.57 Å². The van der Waals surface area contributed by atoms with Crippen LogP contribution in [0.15, 0.2) is 91.1 Å². The van der Waals surface area contributed by atoms with Crippen LogP contribution in [0.25, 0.3) is 10.9 Å². The zero-order valence-corrected chi connectivity index (χ0v) is 22.8. The minimum Gasteiger partial charge on any atom is -0.490 e. The number of fused-ring (bicyclic) bond motifs is 1. The number of nitrogens with zero attached hydrogens (tertiary/aromatic N) is 1. The number of carbonyl (C=O) groups excluding carboxylic acids is 1. The fourth-order valence-corrected chi connectivity index (χ4v) is 4.77. The maximum Gasteiger partial charge on any atom is 0.303 e. The molecule has 0 fully saturated rings. The third-order valence-corrected chi connectivity index (χ3v) is 6.72. The molecule has 1 N–H and O–H groups in total. The summed E-state index contributed by atoms with van der Waals surface area (Å²) in [6.07, 6.45) is 9.71. The van der Waals surface area contributed by atoms with Crippen molar-refractivity contribution in [1.29, 1.82) is 0 Å². The van der Waals surface area contributed by atoms with E-state index in [-0.39, 0.29) is 12.2 Å². The summed E-state index contributed by atoms with van der Waals surface area (Å²) in [5.41, 5.74) is 4.88. The van der Waals surface area contributed by atoms with E-state index in [2.05, 4.69) is 44.2 Å². The Hall–Kier alpha value is -4.12. The molecule has 0 spiro atoms. The van der Waals surface area contributed by atoms with E-state index >= 15 is 0 Å². The Labute approximate surface area is 230 Å². The molecule has 1 heterocycles. The summed E-state index contributed by atoms with van der Waals surface area (Å²) in [5.74, 6) is 0.509. The zero-order valence-electron chi connectivity index (χ0n) is 22.8. The second-order valence-corrected chi connectivity index (χ2v) is 10.3. The van der Waals surface area contributed by atoms with E-state index in [0.717, 1.165) is 30.2 Å². The smallest absolute Gasteiger partial charge is 0.303 e. The van der Waals surface area contributed by atoms with Crippen LogP contribution >= 0.6 is 0 Å². The molecule has 5 heteroatoms. The van der Waals surface area contributed by atoms with Gasteiger partial charge in [-0.15, -0.1) is 0 Å². The zero-order chi connectivity index (χ0) is 27.6. The molecule has 0 aliphatic heterocycles. The summed E-state index contributed by atoms with van der Waals surface area (Å²) in [6.45, 7) is 5.51. The van der Waals surface area contributed by atoms with Gasteiger partial charge in [-0.25, -0.2) is 0 Å². The van der Waals surface area contributed by atoms with Crippen molar-refractivity contribution in [3.63, 3.8) is 0 Å². The number of ether oxygens (including phenoxy) is 1. The fraction of sp³-hybridized carbons (Fsp3) is 0.294. The van der Waals surface area contributed by atoms with Gasteiger partial charge in [-0.05, 0) is 73.1 Å². The summed E-state index contributed by atoms with van der Waals surface area (Å²) in [5, 5.41) is 9.83. The first-order valence-corrected chi connectivity index (χ1v) is 13.7. The van der Waals surface area contributed by atoms with E-state index in [4.69, 9.17) is 9.84 Å². The van der Waals surface area contributed by atoms with Gasteiger partial charge in [-0.3, -0.25) is 9.59 Å². The van der Waals surface area contributed by atoms with E-state index in [0.29, 0.717) is 42.4 Å². The highest BCUT2D eigenvalue weighted by molar-refractivity contribution is 6.16. The quantitative estimate of drug-likeness (QED) is 0.137. The molecule has 0 unspecified atom stereocenters. The Kier molecular flexibility index (Phi) is 9.74. The van der Waals surface area contributed by atoms with Crippen LogP contribution in [0, 0.1) is 5.92 Å². The standard InChI is InChI=1S/C34H37NO4/c1-25(2)23-27-15-13-26(14-16-27)9-4-3-7-22-39-29-19-17-28(18-20-29)34(38)31-24-35(21-8-12-33(36)37)32-11-6-5-10-30(31)32/h3,5-7,10-11,13-20,24-25H,4,8-9,12,21-23H2,1-2H3,(H,36,37). The van der Waals surface area contributed by atoms with E-state index in [1.54, 1.807) is 12.1 Å². The molecular weight excluding hydrogens is 486 g/mol. The number of ketones is 1. The van der Waals surface area contributed by atoms with Gasteiger partial charge in [0.2, 0.25) is 0 Å². The lowest BCUT2D eigenvalue weighted by molar-refractivity contribution is -0.137. The molecule has 39 heavy (non-hydrogen) atoms. The van der Waals surface area contributed by atoms with Crippen molar-refractivity contribution in [2.24, 2.45) is 5.92 Å². The highest BCUT2D eigenvalue weighted by Gasteiger charge is 2.17. The number of carboxylic acid groups (broad SMARTS) is 1. The Morgan fingerprint density at radius 1 is 0.923 bits per heavy atom. The highest BCUT2D eigenvalue weighted by atomic mass is 16.5. The van der Waals surface area contributed by atoms with Crippen LogP contribution in [0.4, 0.5) is 0 Å². The maximum atomic E-state index is 13.3. The molecule has 0 amide bonds. The maximum absolute atomic E-state index is 13.3. The minimum atomic E-state index is -0.816. The van der Waals surface area contributed by atoms with Gasteiger partial charge in [0.25, 0.3) is 0 Å². The number of allylic oxidation sites excluding steroid dienone is 1. The second-order valence-electron chi connectivity index (χ2n) is 10.3. The number of aromatic nitrogens is 1. The van der Waals surface area contributed by atoms with Crippen LogP contribution in [-0.2, 0) is 24.2 Å². The molecular formula is C34H37NO4. The van der Waals surface area contributed by atoms with Crippen LogP contribution in [0.1, 0.15) is 60.2 Å². The molecule has 4 rings (SSSR count). The molecule has 5 nitrogen and oxygen atoms in total. The van der Waals surface area contributed by atoms with Crippen molar-refractivity contribution >= 4 is 22.7 Å². The first kappa shape index (κ1) is 27.9. The van der Waals surface area contributed by atoms with E-state index in [1.165, 1.54) is 11.1 Å². The molecule has 0 aliphatic carbocycles. The summed E-state index contributed by atoms with van der Waals surface area (Å²) in [4.78, 5) is 24.2. The van der Waals surface area contributed by atoms with Gasteiger partial charge in [-0.1, -0.05) is 68.5 Å². The summed E-state index contributed by atoms with van der Waals surface area (Å²) in [7, 11) is 0. The average Bonchev–Trinajstić information content (AvgIpc) is 3.29. The number of aryl methyl sites for hydroxylation is 2. The van der Waals surface area contributed by atoms with E-state index < -0.39 is 5.97 Å². The van der Waals surface area contributed by atoms with Gasteiger partial charge in [0.05, 0.1) is 0 Å². The molecule has 4 aromatic rings. The molecule has 0 aliphatic rings. The monoisotopic (exact) mass is 523 g/mol. The predicted molar refractivity (Wildman–Crippen MR) is 157 cm³/mol. The molecule has 0 saturated heterocycles. The normalized spacial score (nSPS) is 11.5. The SMILES string of the molecule is CC(C)Cc1ccc(CCC=CCOc2ccc(C(=O)c3cn(CCCC(=O)O)c4ccccc34)cc2)cc1. The van der Waals surface area contributed by atoms with Gasteiger partial charge >= 0.3 is 5.97 Å². The van der Waals surface area contributed by atoms with Gasteiger partial charge in [-0.2, -0.15) is 0 Å². The highest BCUT2D eigenvalue weighted by Crippen LogP contribution is 2.25. The van der Waals surface area contributed by atoms with Crippen molar-refractivity contribution in [2.45, 2.75) is 52.5 Å². The number of para-hydroxylation sites is 1. The molecule has 0 bridgehead atoms. The van der Waals surface area contributed by atoms with Gasteiger partial charge in [0, 0.05) is 41.2 Å². The lowest BCUT2D eigenvalue weighted by atomic mass is 10.0. The van der Waals surface area contributed by atoms with Gasteiger partial charge < -0.3 is 14.4 Å². The van der Waals surface area contributed by atoms with Crippen LogP contribution < -0.4 is 4.74 Å². The second kappa shape index (κ2) is 13.6.